The number of hydrogen-bond donors (Lipinski definition) is 2. The predicted molar refractivity (Wildman–Crippen MR) is 66.3 cm³/mol. The highest BCUT2D eigenvalue weighted by Gasteiger charge is 2.40. The van der Waals surface area contributed by atoms with E-state index in [-0.39, 0.29) is 5.82 Å². The number of aromatic nitrogens is 2. The minimum absolute atomic E-state index is 0.0310. The van der Waals surface area contributed by atoms with Crippen LogP contribution in [0.4, 0.5) is 10.2 Å². The first kappa shape index (κ1) is 13.2. The average Bonchev–Trinajstić information content (AvgIpc) is 2.82. The van der Waals surface area contributed by atoms with E-state index >= 15 is 0 Å². The van der Waals surface area contributed by atoms with Crippen molar-refractivity contribution in [2.75, 3.05) is 12.0 Å². The van der Waals surface area contributed by atoms with Crippen LogP contribution < -0.4 is 11.3 Å². The minimum atomic E-state index is -0.508. The molecule has 0 unspecified atom stereocenters. The second kappa shape index (κ2) is 5.16. The average molecular weight is 254 g/mol. The van der Waals surface area contributed by atoms with E-state index in [0.29, 0.717) is 18.1 Å². The number of hydrogen-bond acceptors (Lipinski definition) is 5. The molecule has 1 aliphatic carbocycles. The van der Waals surface area contributed by atoms with Gasteiger partial charge in [-0.05, 0) is 39.5 Å². The summed E-state index contributed by atoms with van der Waals surface area (Å²) in [6, 6.07) is 0. The normalized spacial score (nSPS) is 18.0. The molecule has 1 aliphatic rings. The monoisotopic (exact) mass is 254 g/mol. The number of nitrogen functional groups attached to an aromatic ring is 1. The third-order valence-electron chi connectivity index (χ3n) is 3.39. The fraction of sp³-hybridized carbons (Fsp3) is 0.667. The summed E-state index contributed by atoms with van der Waals surface area (Å²) in [5.41, 5.74) is 2.09. The van der Waals surface area contributed by atoms with Crippen LogP contribution in [0.1, 0.15) is 44.1 Å². The van der Waals surface area contributed by atoms with Gasteiger partial charge in [-0.3, -0.25) is 0 Å². The van der Waals surface area contributed by atoms with Crippen LogP contribution in [0.2, 0.25) is 0 Å². The highest BCUT2D eigenvalue weighted by Crippen LogP contribution is 2.41. The molecule has 0 amide bonds. The Morgan fingerprint density at radius 2 is 2.06 bits per heavy atom. The maximum Gasteiger partial charge on any atom is 0.187 e. The Bertz CT molecular complexity index is 432. The summed E-state index contributed by atoms with van der Waals surface area (Å²) < 4.78 is 19.5. The van der Waals surface area contributed by atoms with E-state index in [1.165, 1.54) is 0 Å². The first-order valence-corrected chi connectivity index (χ1v) is 6.28. The number of halogens is 1. The van der Waals surface area contributed by atoms with Crippen molar-refractivity contribution < 1.29 is 9.13 Å². The molecule has 1 heterocycles. The lowest BCUT2D eigenvalue weighted by atomic mass is 10.0. The SMILES string of the molecule is CCOC1(c2nc(C)c(F)c(NN)n2)CCCC1. The van der Waals surface area contributed by atoms with Gasteiger partial charge in [-0.15, -0.1) is 0 Å². The van der Waals surface area contributed by atoms with Crippen LogP contribution >= 0.6 is 0 Å². The highest BCUT2D eigenvalue weighted by molar-refractivity contribution is 5.37. The molecule has 0 saturated heterocycles. The smallest absolute Gasteiger partial charge is 0.187 e. The number of nitrogens with two attached hydrogens (primary N) is 1. The first-order valence-electron chi connectivity index (χ1n) is 6.28. The van der Waals surface area contributed by atoms with Gasteiger partial charge in [0, 0.05) is 6.61 Å². The molecule has 1 aromatic heterocycles. The second-order valence-corrected chi connectivity index (χ2v) is 4.57. The van der Waals surface area contributed by atoms with Gasteiger partial charge >= 0.3 is 0 Å². The van der Waals surface area contributed by atoms with E-state index in [0.717, 1.165) is 25.7 Å². The van der Waals surface area contributed by atoms with Crippen molar-refractivity contribution in [3.05, 3.63) is 17.3 Å². The molecular weight excluding hydrogens is 235 g/mol. The number of aryl methyl sites for hydroxylation is 1. The molecule has 0 aliphatic heterocycles. The zero-order valence-electron chi connectivity index (χ0n) is 10.8. The van der Waals surface area contributed by atoms with Crippen LogP contribution in [0.15, 0.2) is 0 Å². The van der Waals surface area contributed by atoms with Gasteiger partial charge in [0.15, 0.2) is 17.5 Å². The zero-order valence-corrected chi connectivity index (χ0v) is 10.8. The maximum atomic E-state index is 13.7. The zero-order chi connectivity index (χ0) is 13.2. The molecule has 0 bridgehead atoms. The van der Waals surface area contributed by atoms with Crippen LogP contribution in [-0.4, -0.2) is 16.6 Å². The summed E-state index contributed by atoms with van der Waals surface area (Å²) in [6.07, 6.45) is 3.89. The van der Waals surface area contributed by atoms with Crippen LogP contribution in [0.5, 0.6) is 0 Å². The van der Waals surface area contributed by atoms with E-state index in [4.69, 9.17) is 10.6 Å². The Morgan fingerprint density at radius 1 is 1.39 bits per heavy atom. The Morgan fingerprint density at radius 3 is 2.61 bits per heavy atom. The molecule has 18 heavy (non-hydrogen) atoms. The molecule has 100 valence electrons. The van der Waals surface area contributed by atoms with Gasteiger partial charge < -0.3 is 10.2 Å². The van der Waals surface area contributed by atoms with E-state index in [1.54, 1.807) is 6.92 Å². The van der Waals surface area contributed by atoms with Crippen LogP contribution in [0, 0.1) is 12.7 Å². The maximum absolute atomic E-state index is 13.7. The fourth-order valence-electron chi connectivity index (χ4n) is 2.51. The van der Waals surface area contributed by atoms with Gasteiger partial charge in [0.2, 0.25) is 0 Å². The topological polar surface area (TPSA) is 73.1 Å². The van der Waals surface area contributed by atoms with Crippen molar-refractivity contribution in [2.45, 2.75) is 45.1 Å². The van der Waals surface area contributed by atoms with E-state index in [9.17, 15) is 4.39 Å². The lowest BCUT2D eigenvalue weighted by molar-refractivity contribution is -0.0458. The molecular formula is C12H19FN4O. The molecule has 0 aromatic carbocycles. The van der Waals surface area contributed by atoms with Crippen LogP contribution in [0.3, 0.4) is 0 Å². The molecule has 0 spiro atoms. The summed E-state index contributed by atoms with van der Waals surface area (Å²) in [4.78, 5) is 8.42. The number of hydrazine groups is 1. The lowest BCUT2D eigenvalue weighted by Crippen LogP contribution is -2.30. The van der Waals surface area contributed by atoms with Gasteiger partial charge in [0.05, 0.1) is 5.69 Å². The summed E-state index contributed by atoms with van der Waals surface area (Å²) in [6.45, 7) is 4.14. The van der Waals surface area contributed by atoms with Gasteiger partial charge in [0.1, 0.15) is 5.60 Å². The standard InChI is InChI=1S/C12H19FN4O/c1-3-18-12(6-4-5-7-12)11-15-8(2)9(13)10(16-11)17-14/h3-7,14H2,1-2H3,(H,15,16,17). The molecule has 5 nitrogen and oxygen atoms in total. The van der Waals surface area contributed by atoms with Gasteiger partial charge in [-0.2, -0.15) is 0 Å². The minimum Gasteiger partial charge on any atom is -0.367 e. The highest BCUT2D eigenvalue weighted by atomic mass is 19.1. The summed E-state index contributed by atoms with van der Waals surface area (Å²) >= 11 is 0. The van der Waals surface area contributed by atoms with Crippen molar-refractivity contribution in [3.8, 4) is 0 Å². The predicted octanol–water partition coefficient (Wildman–Crippen LogP) is 2.02. The third-order valence-corrected chi connectivity index (χ3v) is 3.39. The second-order valence-electron chi connectivity index (χ2n) is 4.57. The van der Waals surface area contributed by atoms with Gasteiger partial charge in [0.25, 0.3) is 0 Å². The quantitative estimate of drug-likeness (QED) is 0.635. The van der Waals surface area contributed by atoms with Crippen molar-refractivity contribution in [1.82, 2.24) is 9.97 Å². The van der Waals surface area contributed by atoms with E-state index < -0.39 is 11.4 Å². The molecule has 2 rings (SSSR count). The van der Waals surface area contributed by atoms with Crippen LogP contribution in [0.25, 0.3) is 0 Å². The number of ether oxygens (including phenoxy) is 1. The van der Waals surface area contributed by atoms with Crippen molar-refractivity contribution in [2.24, 2.45) is 5.84 Å². The first-order chi connectivity index (χ1) is 8.63. The summed E-state index contributed by atoms with van der Waals surface area (Å²) in [5, 5.41) is 0. The summed E-state index contributed by atoms with van der Waals surface area (Å²) in [7, 11) is 0. The van der Waals surface area contributed by atoms with Crippen LogP contribution in [-0.2, 0) is 10.3 Å². The van der Waals surface area contributed by atoms with Crippen molar-refractivity contribution in [1.29, 1.82) is 0 Å². The largest absolute Gasteiger partial charge is 0.367 e. The molecule has 1 aromatic rings. The Hall–Kier alpha value is -1.27. The Labute approximate surface area is 106 Å². The molecule has 1 fully saturated rings. The molecule has 0 atom stereocenters. The number of nitrogens with one attached hydrogen (secondary N) is 1. The molecule has 1 saturated carbocycles. The molecule has 3 N–H and O–H groups in total. The van der Waals surface area contributed by atoms with Gasteiger partial charge in [-0.25, -0.2) is 20.2 Å². The van der Waals surface area contributed by atoms with E-state index in [2.05, 4.69) is 15.4 Å². The van der Waals surface area contributed by atoms with Gasteiger partial charge in [-0.1, -0.05) is 0 Å². The van der Waals surface area contributed by atoms with E-state index in [1.807, 2.05) is 6.92 Å². The summed E-state index contributed by atoms with van der Waals surface area (Å²) in [5.74, 6) is 5.34. The van der Waals surface area contributed by atoms with Crippen molar-refractivity contribution >= 4 is 5.82 Å². The molecule has 6 heteroatoms. The third kappa shape index (κ3) is 2.18. The Kier molecular flexibility index (Phi) is 3.77. The Balaban J connectivity index is 2.45. The number of nitrogens with zero attached hydrogens (tertiary/aromatic N) is 2. The lowest BCUT2D eigenvalue weighted by Gasteiger charge is -2.27. The van der Waals surface area contributed by atoms with Crippen molar-refractivity contribution in [3.63, 3.8) is 0 Å². The number of rotatable bonds is 4. The fourth-order valence-corrected chi connectivity index (χ4v) is 2.51. The molecule has 0 radical (unpaired) electrons. The number of anilines is 1.